The number of hydrogen-bond acceptors (Lipinski definition) is 5. The van der Waals surface area contributed by atoms with Crippen molar-refractivity contribution in [2.24, 2.45) is 0 Å². The molecule has 2 rings (SSSR count). The number of nitrogens with one attached hydrogen (secondary N) is 2. The summed E-state index contributed by atoms with van der Waals surface area (Å²) < 4.78 is 1.28. The van der Waals surface area contributed by atoms with Gasteiger partial charge in [-0.15, -0.1) is 0 Å². The van der Waals surface area contributed by atoms with Crippen molar-refractivity contribution >= 4 is 28.9 Å². The van der Waals surface area contributed by atoms with Gasteiger partial charge in [0.15, 0.2) is 0 Å². The fourth-order valence-corrected chi connectivity index (χ4v) is 2.15. The van der Waals surface area contributed by atoms with Crippen LogP contribution in [-0.2, 0) is 9.59 Å². The molecule has 2 aromatic rings. The van der Waals surface area contributed by atoms with Gasteiger partial charge in [-0.25, -0.2) is 0 Å². The summed E-state index contributed by atoms with van der Waals surface area (Å²) in [6, 6.07) is 5.98. The predicted molar refractivity (Wildman–Crippen MR) is 87.6 cm³/mol. The zero-order valence-corrected chi connectivity index (χ0v) is 13.2. The van der Waals surface area contributed by atoms with Gasteiger partial charge >= 0.3 is 5.69 Å². The zero-order chi connectivity index (χ0) is 17.7. The number of benzene rings is 1. The Hall–Kier alpha value is -3.23. The number of carbonyl (C=O) groups excluding carboxylic acids is 2. The molecule has 9 heteroatoms. The van der Waals surface area contributed by atoms with Crippen LogP contribution in [0.2, 0.25) is 0 Å². The van der Waals surface area contributed by atoms with E-state index in [0.29, 0.717) is 17.8 Å². The molecule has 0 aliphatic carbocycles. The summed E-state index contributed by atoms with van der Waals surface area (Å²) in [6.45, 7) is 3.20. The first-order valence-electron chi connectivity index (χ1n) is 7.27. The highest BCUT2D eigenvalue weighted by molar-refractivity contribution is 5.94. The van der Waals surface area contributed by atoms with Crippen LogP contribution in [0.3, 0.4) is 0 Å². The number of nitro groups is 1. The van der Waals surface area contributed by atoms with Crippen LogP contribution < -0.4 is 10.6 Å². The van der Waals surface area contributed by atoms with Crippen LogP contribution >= 0.6 is 0 Å². The van der Waals surface area contributed by atoms with Gasteiger partial charge in [-0.05, 0) is 30.7 Å². The van der Waals surface area contributed by atoms with Gasteiger partial charge in [0.2, 0.25) is 11.8 Å². The van der Waals surface area contributed by atoms with Crippen molar-refractivity contribution < 1.29 is 14.5 Å². The van der Waals surface area contributed by atoms with Crippen molar-refractivity contribution in [2.45, 2.75) is 26.3 Å². The van der Waals surface area contributed by atoms with Crippen LogP contribution in [-0.4, -0.2) is 26.5 Å². The Balaban J connectivity index is 2.08. The minimum Gasteiger partial charge on any atom is -0.326 e. The summed E-state index contributed by atoms with van der Waals surface area (Å²) in [7, 11) is 0. The van der Waals surface area contributed by atoms with Gasteiger partial charge in [0.05, 0.1) is 4.92 Å². The molecule has 1 aromatic carbocycles. The summed E-state index contributed by atoms with van der Waals surface area (Å²) in [6.07, 6.45) is 2.76. The molecule has 2 amide bonds. The van der Waals surface area contributed by atoms with Gasteiger partial charge in [0.1, 0.15) is 18.4 Å². The van der Waals surface area contributed by atoms with E-state index < -0.39 is 11.0 Å². The summed E-state index contributed by atoms with van der Waals surface area (Å²) >= 11 is 0. The lowest BCUT2D eigenvalue weighted by Crippen LogP contribution is -2.25. The van der Waals surface area contributed by atoms with Gasteiger partial charge in [-0.2, -0.15) is 5.10 Å². The standard InChI is InChI=1S/C15H17N5O4/c1-3-14(19-9-13(8-16-19)20(23)24)15(22)18-12-6-4-11(5-7-12)17-10(2)21/h4-9,14H,3H2,1-2H3,(H,17,21)(H,18,22). The zero-order valence-electron chi connectivity index (χ0n) is 13.2. The average molecular weight is 331 g/mol. The minimum absolute atomic E-state index is 0.166. The number of hydrogen-bond donors (Lipinski definition) is 2. The molecular weight excluding hydrogens is 314 g/mol. The lowest BCUT2D eigenvalue weighted by atomic mass is 10.2. The summed E-state index contributed by atoms with van der Waals surface area (Å²) in [5.74, 6) is -0.513. The van der Waals surface area contributed by atoms with E-state index in [1.165, 1.54) is 17.8 Å². The van der Waals surface area contributed by atoms with E-state index in [1.54, 1.807) is 31.2 Å². The monoisotopic (exact) mass is 331 g/mol. The molecule has 0 aliphatic heterocycles. The van der Waals surface area contributed by atoms with E-state index in [2.05, 4.69) is 15.7 Å². The SMILES string of the molecule is CCC(C(=O)Nc1ccc(NC(C)=O)cc1)n1cc([N+](=O)[O-])cn1. The maximum Gasteiger partial charge on any atom is 0.307 e. The Bertz CT molecular complexity index is 753. The van der Waals surface area contributed by atoms with Gasteiger partial charge in [0, 0.05) is 18.3 Å². The molecule has 126 valence electrons. The summed E-state index contributed by atoms with van der Waals surface area (Å²) in [4.78, 5) is 33.5. The van der Waals surface area contributed by atoms with Crippen LogP contribution in [0.4, 0.5) is 17.1 Å². The third-order valence-electron chi connectivity index (χ3n) is 3.28. The average Bonchev–Trinajstić information content (AvgIpc) is 2.99. The molecule has 9 nitrogen and oxygen atoms in total. The Kier molecular flexibility index (Phi) is 5.25. The van der Waals surface area contributed by atoms with E-state index in [-0.39, 0.29) is 17.5 Å². The normalized spacial score (nSPS) is 11.6. The predicted octanol–water partition coefficient (Wildman–Crippen LogP) is 2.34. The number of carbonyl (C=O) groups is 2. The van der Waals surface area contributed by atoms with Gasteiger partial charge in [-0.1, -0.05) is 6.92 Å². The number of amides is 2. The lowest BCUT2D eigenvalue weighted by Gasteiger charge is -2.15. The van der Waals surface area contributed by atoms with Crippen molar-refractivity contribution in [3.05, 3.63) is 46.8 Å². The van der Waals surface area contributed by atoms with Crippen molar-refractivity contribution in [1.82, 2.24) is 9.78 Å². The highest BCUT2D eigenvalue weighted by Crippen LogP contribution is 2.19. The molecule has 0 bridgehead atoms. The van der Waals surface area contributed by atoms with Crippen molar-refractivity contribution in [3.63, 3.8) is 0 Å². The molecule has 0 radical (unpaired) electrons. The fourth-order valence-electron chi connectivity index (χ4n) is 2.15. The minimum atomic E-state index is -0.659. The fraction of sp³-hybridized carbons (Fsp3) is 0.267. The molecular formula is C15H17N5O4. The van der Waals surface area contributed by atoms with Gasteiger partial charge in [0.25, 0.3) is 0 Å². The Morgan fingerprint density at radius 3 is 2.29 bits per heavy atom. The Morgan fingerprint density at radius 2 is 1.83 bits per heavy atom. The Labute approximate surface area is 137 Å². The first kappa shape index (κ1) is 17.1. The van der Waals surface area contributed by atoms with Crippen LogP contribution in [0.5, 0.6) is 0 Å². The highest BCUT2D eigenvalue weighted by Gasteiger charge is 2.22. The molecule has 0 saturated heterocycles. The van der Waals surface area contributed by atoms with E-state index in [0.717, 1.165) is 6.20 Å². The molecule has 1 heterocycles. The van der Waals surface area contributed by atoms with E-state index in [1.807, 2.05) is 0 Å². The van der Waals surface area contributed by atoms with Crippen LogP contribution in [0.25, 0.3) is 0 Å². The third kappa shape index (κ3) is 4.15. The molecule has 0 spiro atoms. The van der Waals surface area contributed by atoms with Crippen molar-refractivity contribution in [3.8, 4) is 0 Å². The number of aromatic nitrogens is 2. The lowest BCUT2D eigenvalue weighted by molar-refractivity contribution is -0.385. The van der Waals surface area contributed by atoms with E-state index >= 15 is 0 Å². The van der Waals surface area contributed by atoms with E-state index in [4.69, 9.17) is 0 Å². The second kappa shape index (κ2) is 7.36. The van der Waals surface area contributed by atoms with Crippen LogP contribution in [0.1, 0.15) is 26.3 Å². The number of nitrogens with zero attached hydrogens (tertiary/aromatic N) is 3. The molecule has 1 aromatic heterocycles. The molecule has 1 atom stereocenters. The van der Waals surface area contributed by atoms with Crippen molar-refractivity contribution in [2.75, 3.05) is 10.6 Å². The molecule has 0 fully saturated rings. The number of rotatable bonds is 6. The topological polar surface area (TPSA) is 119 Å². The maximum atomic E-state index is 12.4. The molecule has 0 saturated carbocycles. The summed E-state index contributed by atoms with van der Waals surface area (Å²) in [5, 5.41) is 20.0. The second-order valence-electron chi connectivity index (χ2n) is 5.11. The molecule has 1 unspecified atom stereocenters. The van der Waals surface area contributed by atoms with Gasteiger partial charge in [-0.3, -0.25) is 24.4 Å². The Morgan fingerprint density at radius 1 is 1.25 bits per heavy atom. The largest absolute Gasteiger partial charge is 0.326 e. The highest BCUT2D eigenvalue weighted by atomic mass is 16.6. The third-order valence-corrected chi connectivity index (χ3v) is 3.28. The van der Waals surface area contributed by atoms with Gasteiger partial charge < -0.3 is 10.6 Å². The van der Waals surface area contributed by atoms with Crippen LogP contribution in [0, 0.1) is 10.1 Å². The molecule has 0 aliphatic rings. The maximum absolute atomic E-state index is 12.4. The second-order valence-corrected chi connectivity index (χ2v) is 5.11. The molecule has 2 N–H and O–H groups in total. The first-order valence-corrected chi connectivity index (χ1v) is 7.27. The number of anilines is 2. The quantitative estimate of drug-likeness (QED) is 0.622. The van der Waals surface area contributed by atoms with E-state index in [9.17, 15) is 19.7 Å². The summed E-state index contributed by atoms with van der Waals surface area (Å²) in [5.41, 5.74) is 1.00. The first-order chi connectivity index (χ1) is 11.4. The smallest absolute Gasteiger partial charge is 0.307 e. The van der Waals surface area contributed by atoms with Crippen molar-refractivity contribution in [1.29, 1.82) is 0 Å². The van der Waals surface area contributed by atoms with Crippen LogP contribution in [0.15, 0.2) is 36.7 Å². The molecule has 24 heavy (non-hydrogen) atoms.